The maximum atomic E-state index is 12.8. The van der Waals surface area contributed by atoms with E-state index in [0.717, 1.165) is 22.2 Å². The fourth-order valence-corrected chi connectivity index (χ4v) is 1.58. The molecule has 1 aromatic heterocycles. The molecule has 68 valence electrons. The van der Waals surface area contributed by atoms with Gasteiger partial charge in [0.1, 0.15) is 0 Å². The third-order valence-corrected chi connectivity index (χ3v) is 2.24. The summed E-state index contributed by atoms with van der Waals surface area (Å²) in [7, 11) is 0. The molecule has 0 amide bonds. The van der Waals surface area contributed by atoms with Crippen molar-refractivity contribution in [3.05, 3.63) is 35.2 Å². The second kappa shape index (κ2) is 2.55. The van der Waals surface area contributed by atoms with Crippen molar-refractivity contribution < 1.29 is 8.78 Å². The summed E-state index contributed by atoms with van der Waals surface area (Å²) in [5.74, 6) is -1.59. The van der Waals surface area contributed by atoms with Crippen LogP contribution in [-0.4, -0.2) is 4.98 Å². The predicted molar refractivity (Wildman–Crippen MR) is 47.7 cm³/mol. The normalized spacial score (nSPS) is 11.1. The van der Waals surface area contributed by atoms with E-state index >= 15 is 0 Å². The van der Waals surface area contributed by atoms with E-state index in [-0.39, 0.29) is 0 Å². The number of nitrogens with one attached hydrogen (secondary N) is 1. The first kappa shape index (κ1) is 8.23. The molecule has 0 spiro atoms. The van der Waals surface area contributed by atoms with E-state index in [9.17, 15) is 8.78 Å². The number of halogens is 2. The maximum Gasteiger partial charge on any atom is 0.159 e. The van der Waals surface area contributed by atoms with Gasteiger partial charge >= 0.3 is 0 Å². The fourth-order valence-electron chi connectivity index (χ4n) is 1.58. The number of benzene rings is 1. The summed E-state index contributed by atoms with van der Waals surface area (Å²) in [5, 5.41) is 1.49. The standard InChI is InChI=1S/C10H9F2N/c1-5-7-3-9(11)10(12)4-8(7)6(2)13-5/h3-4,13H,1-2H3. The topological polar surface area (TPSA) is 15.8 Å². The number of rotatable bonds is 0. The monoisotopic (exact) mass is 181 g/mol. The summed E-state index contributed by atoms with van der Waals surface area (Å²) in [6.07, 6.45) is 0. The SMILES string of the molecule is Cc1[nH]c(C)c2cc(F)c(F)cc12. The maximum absolute atomic E-state index is 12.8. The summed E-state index contributed by atoms with van der Waals surface area (Å²) < 4.78 is 25.7. The molecule has 0 aliphatic carbocycles. The van der Waals surface area contributed by atoms with E-state index in [1.54, 1.807) is 0 Å². The van der Waals surface area contributed by atoms with Crippen LogP contribution < -0.4 is 0 Å². The summed E-state index contributed by atoms with van der Waals surface area (Å²) in [6, 6.07) is 2.45. The van der Waals surface area contributed by atoms with Gasteiger partial charge in [0, 0.05) is 22.2 Å². The number of hydrogen-bond acceptors (Lipinski definition) is 0. The van der Waals surface area contributed by atoms with E-state index < -0.39 is 11.6 Å². The Morgan fingerprint density at radius 1 is 0.923 bits per heavy atom. The molecule has 1 aromatic carbocycles. The Balaban J connectivity index is 2.91. The first-order valence-corrected chi connectivity index (χ1v) is 4.03. The van der Waals surface area contributed by atoms with Gasteiger partial charge in [0.25, 0.3) is 0 Å². The van der Waals surface area contributed by atoms with Crippen LogP contribution in [0.2, 0.25) is 0 Å². The van der Waals surface area contributed by atoms with Gasteiger partial charge in [-0.1, -0.05) is 0 Å². The molecule has 1 heterocycles. The van der Waals surface area contributed by atoms with Crippen molar-refractivity contribution in [2.24, 2.45) is 0 Å². The Labute approximate surface area is 74.4 Å². The molecular formula is C10H9F2N. The van der Waals surface area contributed by atoms with Gasteiger partial charge in [0.05, 0.1) is 0 Å². The highest BCUT2D eigenvalue weighted by Gasteiger charge is 2.09. The van der Waals surface area contributed by atoms with Gasteiger partial charge in [-0.15, -0.1) is 0 Å². The number of H-pyrrole nitrogens is 1. The minimum absolute atomic E-state index is 0.747. The molecule has 0 saturated heterocycles. The zero-order valence-corrected chi connectivity index (χ0v) is 7.41. The van der Waals surface area contributed by atoms with Crippen molar-refractivity contribution in [2.45, 2.75) is 13.8 Å². The van der Waals surface area contributed by atoms with E-state index in [1.807, 2.05) is 13.8 Å². The lowest BCUT2D eigenvalue weighted by atomic mass is 10.1. The molecule has 13 heavy (non-hydrogen) atoms. The fraction of sp³-hybridized carbons (Fsp3) is 0.200. The molecule has 0 aliphatic heterocycles. The lowest BCUT2D eigenvalue weighted by molar-refractivity contribution is 0.511. The molecule has 1 nitrogen and oxygen atoms in total. The molecule has 0 bridgehead atoms. The van der Waals surface area contributed by atoms with Crippen LogP contribution in [0.1, 0.15) is 11.4 Å². The average molecular weight is 181 g/mol. The van der Waals surface area contributed by atoms with Crippen LogP contribution in [0.25, 0.3) is 10.8 Å². The Kier molecular flexibility index (Phi) is 1.62. The molecular weight excluding hydrogens is 172 g/mol. The Morgan fingerprint density at radius 2 is 1.31 bits per heavy atom. The third-order valence-electron chi connectivity index (χ3n) is 2.24. The van der Waals surface area contributed by atoms with Crippen molar-refractivity contribution in [1.82, 2.24) is 4.98 Å². The first-order valence-electron chi connectivity index (χ1n) is 4.03. The van der Waals surface area contributed by atoms with Crippen LogP contribution in [0.4, 0.5) is 8.78 Å². The quantitative estimate of drug-likeness (QED) is 0.642. The number of aryl methyl sites for hydroxylation is 2. The second-order valence-electron chi connectivity index (χ2n) is 3.19. The van der Waals surface area contributed by atoms with Crippen LogP contribution in [0.5, 0.6) is 0 Å². The molecule has 0 radical (unpaired) electrons. The van der Waals surface area contributed by atoms with Gasteiger partial charge in [-0.3, -0.25) is 0 Å². The van der Waals surface area contributed by atoms with E-state index in [1.165, 1.54) is 12.1 Å². The van der Waals surface area contributed by atoms with Gasteiger partial charge in [-0.2, -0.15) is 0 Å². The van der Waals surface area contributed by atoms with Crippen molar-refractivity contribution in [1.29, 1.82) is 0 Å². The third kappa shape index (κ3) is 1.11. The molecule has 0 fully saturated rings. The zero-order chi connectivity index (χ0) is 9.59. The molecule has 1 N–H and O–H groups in total. The van der Waals surface area contributed by atoms with Crippen LogP contribution >= 0.6 is 0 Å². The van der Waals surface area contributed by atoms with Crippen molar-refractivity contribution >= 4 is 10.8 Å². The molecule has 0 saturated carbocycles. The second-order valence-corrected chi connectivity index (χ2v) is 3.19. The highest BCUT2D eigenvalue weighted by Crippen LogP contribution is 2.24. The zero-order valence-electron chi connectivity index (χ0n) is 7.41. The van der Waals surface area contributed by atoms with Crippen molar-refractivity contribution in [3.8, 4) is 0 Å². The highest BCUT2D eigenvalue weighted by molar-refractivity contribution is 5.88. The first-order chi connectivity index (χ1) is 6.09. The largest absolute Gasteiger partial charge is 0.362 e. The van der Waals surface area contributed by atoms with Crippen LogP contribution in [0.3, 0.4) is 0 Å². The highest BCUT2D eigenvalue weighted by atomic mass is 19.2. The predicted octanol–water partition coefficient (Wildman–Crippen LogP) is 3.06. The number of aromatic nitrogens is 1. The van der Waals surface area contributed by atoms with E-state index in [4.69, 9.17) is 0 Å². The van der Waals surface area contributed by atoms with Crippen molar-refractivity contribution in [3.63, 3.8) is 0 Å². The number of fused-ring (bicyclic) bond motifs is 1. The van der Waals surface area contributed by atoms with Gasteiger partial charge < -0.3 is 4.98 Å². The lowest BCUT2D eigenvalue weighted by Crippen LogP contribution is -1.82. The summed E-state index contributed by atoms with van der Waals surface area (Å²) in [4.78, 5) is 3.04. The van der Waals surface area contributed by atoms with Gasteiger partial charge in [-0.05, 0) is 26.0 Å². The molecule has 2 aromatic rings. The minimum Gasteiger partial charge on any atom is -0.362 e. The molecule has 0 aliphatic rings. The lowest BCUT2D eigenvalue weighted by Gasteiger charge is -1.94. The Bertz CT molecular complexity index is 429. The number of hydrogen-bond donors (Lipinski definition) is 1. The van der Waals surface area contributed by atoms with E-state index in [0.29, 0.717) is 0 Å². The molecule has 0 unspecified atom stereocenters. The molecule has 0 atom stereocenters. The Hall–Kier alpha value is -1.38. The molecule has 2 rings (SSSR count). The molecule has 3 heteroatoms. The van der Waals surface area contributed by atoms with Gasteiger partial charge in [-0.25, -0.2) is 8.78 Å². The Morgan fingerprint density at radius 3 is 1.69 bits per heavy atom. The van der Waals surface area contributed by atoms with Gasteiger partial charge in [0.2, 0.25) is 0 Å². The van der Waals surface area contributed by atoms with Crippen molar-refractivity contribution in [2.75, 3.05) is 0 Å². The minimum atomic E-state index is -0.797. The van der Waals surface area contributed by atoms with Gasteiger partial charge in [0.15, 0.2) is 11.6 Å². The van der Waals surface area contributed by atoms with E-state index in [2.05, 4.69) is 4.98 Å². The summed E-state index contributed by atoms with van der Waals surface area (Å²) in [6.45, 7) is 3.68. The van der Waals surface area contributed by atoms with Crippen LogP contribution in [0, 0.1) is 25.5 Å². The average Bonchev–Trinajstić information content (AvgIpc) is 2.31. The smallest absolute Gasteiger partial charge is 0.159 e. The summed E-state index contributed by atoms with van der Waals surface area (Å²) >= 11 is 0. The van der Waals surface area contributed by atoms with Crippen LogP contribution in [-0.2, 0) is 0 Å². The van der Waals surface area contributed by atoms with Crippen LogP contribution in [0.15, 0.2) is 12.1 Å². The summed E-state index contributed by atoms with van der Waals surface area (Å²) in [5.41, 5.74) is 1.73. The number of aromatic amines is 1.